The zero-order valence-corrected chi connectivity index (χ0v) is 9.32. The highest BCUT2D eigenvalue weighted by Gasteiger charge is 2.08. The van der Waals surface area contributed by atoms with E-state index in [1.807, 2.05) is 0 Å². The molecule has 1 rings (SSSR count). The molecule has 0 amide bonds. The first kappa shape index (κ1) is 10.6. The standard InChI is InChI=1S/C6H2Cl4OS/c7-3-1-4(8)6(11-12-10)5(9)2-3/h1-2H. The van der Waals surface area contributed by atoms with Crippen LogP contribution in [0.4, 0.5) is 0 Å². The fourth-order valence-electron chi connectivity index (χ4n) is 0.640. The number of hydrogen-bond acceptors (Lipinski definition) is 2. The van der Waals surface area contributed by atoms with Crippen LogP contribution in [0.1, 0.15) is 0 Å². The Balaban J connectivity index is 3.10. The summed E-state index contributed by atoms with van der Waals surface area (Å²) in [7, 11) is 5.26. The molecule has 0 saturated heterocycles. The molecular weight excluding hydrogens is 262 g/mol. The van der Waals surface area contributed by atoms with Gasteiger partial charge in [0, 0.05) is 15.7 Å². The van der Waals surface area contributed by atoms with Gasteiger partial charge in [0.2, 0.25) is 0 Å². The Labute approximate surface area is 93.6 Å². The quantitative estimate of drug-likeness (QED) is 0.707. The van der Waals surface area contributed by atoms with E-state index in [1.165, 1.54) is 12.1 Å². The van der Waals surface area contributed by atoms with Gasteiger partial charge in [0.25, 0.3) is 0 Å². The van der Waals surface area contributed by atoms with E-state index in [0.29, 0.717) is 32.1 Å². The summed E-state index contributed by atoms with van der Waals surface area (Å²) < 4.78 is 4.88. The first-order valence-corrected chi connectivity index (χ1v) is 5.45. The molecule has 0 saturated carbocycles. The fraction of sp³-hybridized carbons (Fsp3) is 0. The van der Waals surface area contributed by atoms with E-state index in [4.69, 9.17) is 49.7 Å². The molecule has 6 heteroatoms. The third-order valence-electron chi connectivity index (χ3n) is 1.08. The van der Waals surface area contributed by atoms with Gasteiger partial charge in [-0.2, -0.15) is 0 Å². The van der Waals surface area contributed by atoms with Crippen molar-refractivity contribution in [1.29, 1.82) is 0 Å². The van der Waals surface area contributed by atoms with Crippen molar-refractivity contribution >= 4 is 56.7 Å². The van der Waals surface area contributed by atoms with Crippen molar-refractivity contribution < 1.29 is 4.18 Å². The van der Waals surface area contributed by atoms with E-state index >= 15 is 0 Å². The fourth-order valence-corrected chi connectivity index (χ4v) is 2.06. The number of halogens is 4. The Morgan fingerprint density at radius 2 is 1.58 bits per heavy atom. The molecule has 1 nitrogen and oxygen atoms in total. The molecule has 0 heterocycles. The zero-order valence-electron chi connectivity index (χ0n) is 5.48. The molecule has 0 atom stereocenters. The van der Waals surface area contributed by atoms with Crippen LogP contribution in [-0.4, -0.2) is 0 Å². The monoisotopic (exact) mass is 262 g/mol. The van der Waals surface area contributed by atoms with Crippen LogP contribution in [0.2, 0.25) is 15.1 Å². The highest BCUT2D eigenvalue weighted by atomic mass is 35.7. The Morgan fingerprint density at radius 1 is 1.08 bits per heavy atom. The summed E-state index contributed by atoms with van der Waals surface area (Å²) in [5, 5.41) is 1.12. The third-order valence-corrected chi connectivity index (χ3v) is 2.28. The number of benzene rings is 1. The first-order valence-electron chi connectivity index (χ1n) is 2.75. The zero-order chi connectivity index (χ0) is 9.14. The topological polar surface area (TPSA) is 9.23 Å². The summed E-state index contributed by atoms with van der Waals surface area (Å²) in [6.45, 7) is 0. The Morgan fingerprint density at radius 3 is 2.00 bits per heavy atom. The van der Waals surface area contributed by atoms with Crippen LogP contribution in [-0.2, 0) is 0 Å². The summed E-state index contributed by atoms with van der Waals surface area (Å²) in [5.41, 5.74) is 0. The second-order valence-electron chi connectivity index (χ2n) is 1.84. The average molecular weight is 264 g/mol. The lowest BCUT2D eigenvalue weighted by Crippen LogP contribution is -1.81. The lowest BCUT2D eigenvalue weighted by atomic mass is 10.3. The van der Waals surface area contributed by atoms with Gasteiger partial charge in [-0.05, 0) is 12.1 Å². The van der Waals surface area contributed by atoms with Crippen LogP contribution in [0.3, 0.4) is 0 Å². The molecule has 0 bridgehead atoms. The molecule has 0 aliphatic carbocycles. The van der Waals surface area contributed by atoms with E-state index < -0.39 is 0 Å². The van der Waals surface area contributed by atoms with E-state index in [2.05, 4.69) is 0 Å². The van der Waals surface area contributed by atoms with Gasteiger partial charge in [-0.3, -0.25) is 0 Å². The van der Waals surface area contributed by atoms with E-state index in [9.17, 15) is 0 Å². The minimum atomic E-state index is 0.322. The first-order chi connectivity index (χ1) is 5.65. The SMILES string of the molecule is ClSOc1c(Cl)cc(Cl)cc1Cl. The van der Waals surface area contributed by atoms with Gasteiger partial charge >= 0.3 is 0 Å². The predicted octanol–water partition coefficient (Wildman–Crippen LogP) is 4.83. The maximum absolute atomic E-state index is 5.75. The highest BCUT2D eigenvalue weighted by Crippen LogP contribution is 2.38. The van der Waals surface area contributed by atoms with Crippen LogP contribution < -0.4 is 4.18 Å². The molecule has 12 heavy (non-hydrogen) atoms. The largest absolute Gasteiger partial charge is 0.406 e. The van der Waals surface area contributed by atoms with Crippen molar-refractivity contribution in [1.82, 2.24) is 0 Å². The summed E-state index contributed by atoms with van der Waals surface area (Å²) >= 11 is 17.8. The molecule has 1 aromatic carbocycles. The van der Waals surface area contributed by atoms with Gasteiger partial charge in [0.1, 0.15) is 0 Å². The number of rotatable bonds is 2. The molecule has 0 radical (unpaired) electrons. The molecule has 1 aromatic rings. The molecule has 0 aliphatic rings. The van der Waals surface area contributed by atoms with Gasteiger partial charge in [-0.1, -0.05) is 34.8 Å². The third kappa shape index (κ3) is 2.51. The average Bonchev–Trinajstić information content (AvgIpc) is 1.96. The van der Waals surface area contributed by atoms with Crippen LogP contribution in [0.15, 0.2) is 12.1 Å². The van der Waals surface area contributed by atoms with Gasteiger partial charge in [0.15, 0.2) is 17.0 Å². The van der Waals surface area contributed by atoms with Crippen LogP contribution in [0.25, 0.3) is 0 Å². The molecule has 0 unspecified atom stereocenters. The Hall–Kier alpha value is 0.530. The smallest absolute Gasteiger partial charge is 0.176 e. The summed E-state index contributed by atoms with van der Waals surface area (Å²) in [6, 6.07) is 3.05. The lowest BCUT2D eigenvalue weighted by Gasteiger charge is -2.04. The summed E-state index contributed by atoms with van der Waals surface area (Å²) in [6.07, 6.45) is 0. The maximum atomic E-state index is 5.75. The molecule has 0 aromatic heterocycles. The normalized spacial score (nSPS) is 10.0. The molecule has 0 aliphatic heterocycles. The van der Waals surface area contributed by atoms with Crippen LogP contribution in [0.5, 0.6) is 5.75 Å². The number of hydrogen-bond donors (Lipinski definition) is 0. The van der Waals surface area contributed by atoms with Crippen molar-refractivity contribution in [2.75, 3.05) is 0 Å². The Kier molecular flexibility index (Phi) is 4.14. The molecule has 0 fully saturated rings. The summed E-state index contributed by atoms with van der Waals surface area (Å²) in [4.78, 5) is 0. The minimum absolute atomic E-state index is 0.322. The highest BCUT2D eigenvalue weighted by molar-refractivity contribution is 8.17. The van der Waals surface area contributed by atoms with Crippen LogP contribution >= 0.6 is 56.7 Å². The molecule has 0 spiro atoms. The molecule has 0 N–H and O–H groups in total. The second-order valence-corrected chi connectivity index (χ2v) is 3.77. The maximum Gasteiger partial charge on any atom is 0.176 e. The molecule has 66 valence electrons. The van der Waals surface area contributed by atoms with E-state index in [0.717, 1.165) is 0 Å². The van der Waals surface area contributed by atoms with Crippen molar-refractivity contribution in [3.8, 4) is 5.75 Å². The Bertz CT molecular complexity index is 268. The second kappa shape index (κ2) is 4.68. The van der Waals surface area contributed by atoms with Crippen molar-refractivity contribution in [2.45, 2.75) is 0 Å². The predicted molar refractivity (Wildman–Crippen MR) is 55.5 cm³/mol. The molecular formula is C6H2Cl4OS. The van der Waals surface area contributed by atoms with Crippen molar-refractivity contribution in [2.24, 2.45) is 0 Å². The van der Waals surface area contributed by atoms with Gasteiger partial charge in [-0.15, -0.1) is 0 Å². The van der Waals surface area contributed by atoms with Crippen molar-refractivity contribution in [3.63, 3.8) is 0 Å². The van der Waals surface area contributed by atoms with Gasteiger partial charge < -0.3 is 4.18 Å². The van der Waals surface area contributed by atoms with E-state index in [1.54, 1.807) is 0 Å². The lowest BCUT2D eigenvalue weighted by molar-refractivity contribution is 0.656. The summed E-state index contributed by atoms with van der Waals surface area (Å²) in [5.74, 6) is 0.322. The van der Waals surface area contributed by atoms with Gasteiger partial charge in [0.05, 0.1) is 10.0 Å². The van der Waals surface area contributed by atoms with E-state index in [-0.39, 0.29) is 0 Å². The van der Waals surface area contributed by atoms with Crippen LogP contribution in [0, 0.1) is 0 Å². The minimum Gasteiger partial charge on any atom is -0.406 e. The van der Waals surface area contributed by atoms with Gasteiger partial charge in [-0.25, -0.2) is 0 Å². The van der Waals surface area contributed by atoms with Crippen molar-refractivity contribution in [3.05, 3.63) is 27.2 Å².